The fourth-order valence-corrected chi connectivity index (χ4v) is 3.58. The van der Waals surface area contributed by atoms with Crippen LogP contribution in [-0.2, 0) is 6.42 Å². The van der Waals surface area contributed by atoms with Gasteiger partial charge in [0.2, 0.25) is 0 Å². The van der Waals surface area contributed by atoms with Crippen LogP contribution in [0.2, 0.25) is 5.02 Å². The number of hydrogen-bond donors (Lipinski definition) is 1. The van der Waals surface area contributed by atoms with E-state index in [1.165, 1.54) is 10.3 Å². The quantitative estimate of drug-likeness (QED) is 0.783. The van der Waals surface area contributed by atoms with Crippen LogP contribution in [0.15, 0.2) is 48.5 Å². The number of hydrogen-bond acceptors (Lipinski definition) is 3. The molecule has 1 aromatic heterocycles. The zero-order valence-electron chi connectivity index (χ0n) is 10.9. The number of thiazole rings is 1. The number of para-hydroxylation sites is 1. The summed E-state index contributed by atoms with van der Waals surface area (Å²) >= 11 is 7.77. The van der Waals surface area contributed by atoms with Crippen LogP contribution in [0.5, 0.6) is 0 Å². The second-order valence-corrected chi connectivity index (χ2v) is 6.29. The van der Waals surface area contributed by atoms with E-state index in [1.54, 1.807) is 11.3 Å². The minimum atomic E-state index is 0.242. The third kappa shape index (κ3) is 2.85. The lowest BCUT2D eigenvalue weighted by Crippen LogP contribution is -2.14. The molecule has 0 aliphatic carbocycles. The molecule has 2 nitrogen and oxygen atoms in total. The van der Waals surface area contributed by atoms with Crippen molar-refractivity contribution in [3.05, 3.63) is 64.1 Å². The number of benzene rings is 2. The molecule has 3 aromatic rings. The normalized spacial score (nSPS) is 12.7. The third-order valence-corrected chi connectivity index (χ3v) is 4.75. The van der Waals surface area contributed by atoms with Crippen LogP contribution in [-0.4, -0.2) is 11.5 Å². The van der Waals surface area contributed by atoms with Gasteiger partial charge in [0.1, 0.15) is 0 Å². The molecule has 2 N–H and O–H groups in total. The van der Waals surface area contributed by atoms with Crippen LogP contribution in [0, 0.1) is 0 Å². The molecule has 0 spiro atoms. The van der Waals surface area contributed by atoms with E-state index in [2.05, 4.69) is 12.1 Å². The van der Waals surface area contributed by atoms with Crippen molar-refractivity contribution in [2.24, 2.45) is 5.73 Å². The maximum atomic E-state index is 6.04. The van der Waals surface area contributed by atoms with Crippen LogP contribution < -0.4 is 5.73 Å². The second-order valence-electron chi connectivity index (χ2n) is 4.79. The highest BCUT2D eigenvalue weighted by molar-refractivity contribution is 7.18. The Morgan fingerprint density at radius 2 is 2.00 bits per heavy atom. The second kappa shape index (κ2) is 5.92. The van der Waals surface area contributed by atoms with Gasteiger partial charge in [-0.25, -0.2) is 4.98 Å². The van der Waals surface area contributed by atoms with Crippen LogP contribution in [0.3, 0.4) is 0 Å². The number of halogens is 1. The zero-order valence-corrected chi connectivity index (χ0v) is 12.5. The minimum Gasteiger partial charge on any atom is -0.330 e. The fourth-order valence-electron chi connectivity index (χ4n) is 2.28. The number of rotatable bonds is 4. The van der Waals surface area contributed by atoms with Crippen molar-refractivity contribution in [2.45, 2.75) is 12.3 Å². The standard InChI is InChI=1S/C16H15ClN2S/c17-13-5-3-4-11(9-13)8-12(10-18)16-19-14-6-1-2-7-15(14)20-16/h1-7,9,12H,8,10,18H2. The first-order valence-corrected chi connectivity index (χ1v) is 7.75. The Morgan fingerprint density at radius 1 is 1.15 bits per heavy atom. The summed E-state index contributed by atoms with van der Waals surface area (Å²) in [5.74, 6) is 0.242. The highest BCUT2D eigenvalue weighted by Crippen LogP contribution is 2.29. The molecule has 0 aliphatic heterocycles. The molecule has 0 saturated heterocycles. The van der Waals surface area contributed by atoms with Gasteiger partial charge in [0.05, 0.1) is 15.2 Å². The lowest BCUT2D eigenvalue weighted by atomic mass is 10.00. The van der Waals surface area contributed by atoms with Crippen molar-refractivity contribution in [2.75, 3.05) is 6.54 Å². The summed E-state index contributed by atoms with van der Waals surface area (Å²) in [4.78, 5) is 4.71. The van der Waals surface area contributed by atoms with E-state index in [0.717, 1.165) is 22.0 Å². The van der Waals surface area contributed by atoms with Crippen molar-refractivity contribution in [1.82, 2.24) is 4.98 Å². The number of aromatic nitrogens is 1. The molecule has 0 radical (unpaired) electrons. The van der Waals surface area contributed by atoms with Gasteiger partial charge in [-0.1, -0.05) is 35.9 Å². The maximum absolute atomic E-state index is 6.04. The van der Waals surface area contributed by atoms with Gasteiger partial charge >= 0.3 is 0 Å². The van der Waals surface area contributed by atoms with Gasteiger partial charge in [-0.05, 0) is 36.2 Å². The van der Waals surface area contributed by atoms with E-state index in [1.807, 2.05) is 36.4 Å². The average Bonchev–Trinajstić information content (AvgIpc) is 2.88. The Bertz CT molecular complexity index is 690. The van der Waals surface area contributed by atoms with Crippen molar-refractivity contribution in [3.8, 4) is 0 Å². The Morgan fingerprint density at radius 3 is 2.75 bits per heavy atom. The van der Waals surface area contributed by atoms with E-state index in [4.69, 9.17) is 22.3 Å². The molecular weight excluding hydrogens is 288 g/mol. The smallest absolute Gasteiger partial charge is 0.0985 e. The first-order chi connectivity index (χ1) is 9.76. The van der Waals surface area contributed by atoms with Gasteiger partial charge in [-0.3, -0.25) is 0 Å². The molecule has 0 bridgehead atoms. The monoisotopic (exact) mass is 302 g/mol. The molecule has 2 aromatic carbocycles. The van der Waals surface area contributed by atoms with Gasteiger partial charge in [-0.2, -0.15) is 0 Å². The Kier molecular flexibility index (Phi) is 4.01. The van der Waals surface area contributed by atoms with Crippen LogP contribution in [0.4, 0.5) is 0 Å². The maximum Gasteiger partial charge on any atom is 0.0985 e. The number of nitrogens with two attached hydrogens (primary N) is 1. The summed E-state index contributed by atoms with van der Waals surface area (Å²) in [5.41, 5.74) is 8.20. The molecule has 0 amide bonds. The van der Waals surface area contributed by atoms with Gasteiger partial charge in [-0.15, -0.1) is 11.3 Å². The molecule has 3 rings (SSSR count). The van der Waals surface area contributed by atoms with Crippen molar-refractivity contribution < 1.29 is 0 Å². The average molecular weight is 303 g/mol. The molecule has 0 aliphatic rings. The van der Waals surface area contributed by atoms with Gasteiger partial charge < -0.3 is 5.73 Å². The molecule has 1 atom stereocenters. The van der Waals surface area contributed by atoms with Crippen molar-refractivity contribution in [3.63, 3.8) is 0 Å². The fraction of sp³-hybridized carbons (Fsp3) is 0.188. The molecule has 0 fully saturated rings. The molecule has 20 heavy (non-hydrogen) atoms. The molecule has 102 valence electrons. The summed E-state index contributed by atoms with van der Waals surface area (Å²) in [6.45, 7) is 0.590. The lowest BCUT2D eigenvalue weighted by Gasteiger charge is -2.11. The van der Waals surface area contributed by atoms with E-state index in [9.17, 15) is 0 Å². The summed E-state index contributed by atoms with van der Waals surface area (Å²) in [6, 6.07) is 16.1. The number of nitrogens with zero attached hydrogens (tertiary/aromatic N) is 1. The Hall–Kier alpha value is -1.42. The van der Waals surface area contributed by atoms with Crippen LogP contribution in [0.25, 0.3) is 10.2 Å². The highest BCUT2D eigenvalue weighted by atomic mass is 35.5. The highest BCUT2D eigenvalue weighted by Gasteiger charge is 2.15. The SMILES string of the molecule is NCC(Cc1cccc(Cl)c1)c1nc2ccccc2s1. The molecule has 1 heterocycles. The summed E-state index contributed by atoms with van der Waals surface area (Å²) < 4.78 is 1.21. The van der Waals surface area contributed by atoms with E-state index >= 15 is 0 Å². The Labute approximate surface area is 127 Å². The largest absolute Gasteiger partial charge is 0.330 e. The first kappa shape index (κ1) is 13.6. The van der Waals surface area contributed by atoms with Crippen LogP contribution in [0.1, 0.15) is 16.5 Å². The third-order valence-electron chi connectivity index (χ3n) is 3.32. The van der Waals surface area contributed by atoms with E-state index in [0.29, 0.717) is 6.54 Å². The predicted octanol–water partition coefficient (Wildman–Crippen LogP) is 4.23. The summed E-state index contributed by atoms with van der Waals surface area (Å²) in [7, 11) is 0. The molecular formula is C16H15ClN2S. The van der Waals surface area contributed by atoms with Crippen molar-refractivity contribution in [1.29, 1.82) is 0 Å². The van der Waals surface area contributed by atoms with E-state index in [-0.39, 0.29) is 5.92 Å². The summed E-state index contributed by atoms with van der Waals surface area (Å²) in [6.07, 6.45) is 0.872. The molecule has 4 heteroatoms. The topological polar surface area (TPSA) is 38.9 Å². The zero-order chi connectivity index (χ0) is 13.9. The van der Waals surface area contributed by atoms with Crippen molar-refractivity contribution >= 4 is 33.2 Å². The minimum absolute atomic E-state index is 0.242. The Balaban J connectivity index is 1.89. The number of fused-ring (bicyclic) bond motifs is 1. The van der Waals surface area contributed by atoms with Gasteiger partial charge in [0.25, 0.3) is 0 Å². The van der Waals surface area contributed by atoms with Gasteiger partial charge in [0.15, 0.2) is 0 Å². The molecule has 0 saturated carbocycles. The predicted molar refractivity (Wildman–Crippen MR) is 86.6 cm³/mol. The molecule has 1 unspecified atom stereocenters. The van der Waals surface area contributed by atoms with Crippen LogP contribution >= 0.6 is 22.9 Å². The summed E-state index contributed by atoms with van der Waals surface area (Å²) in [5, 5.41) is 1.87. The first-order valence-electron chi connectivity index (χ1n) is 6.56. The van der Waals surface area contributed by atoms with E-state index < -0.39 is 0 Å². The van der Waals surface area contributed by atoms with Gasteiger partial charge in [0, 0.05) is 17.5 Å². The lowest BCUT2D eigenvalue weighted by molar-refractivity contribution is 0.690.